The van der Waals surface area contributed by atoms with Gasteiger partial charge >= 0.3 is 0 Å². The van der Waals surface area contributed by atoms with Crippen LogP contribution in [0.15, 0.2) is 24.3 Å². The molecule has 0 aromatic heterocycles. The topological polar surface area (TPSA) is 32.3 Å². The van der Waals surface area contributed by atoms with Gasteiger partial charge < -0.3 is 10.4 Å². The zero-order chi connectivity index (χ0) is 12.1. The molecule has 0 aliphatic heterocycles. The van der Waals surface area contributed by atoms with Crippen LogP contribution in [0.5, 0.6) is 0 Å². The molecule has 2 N–H and O–H groups in total. The highest BCUT2D eigenvalue weighted by molar-refractivity contribution is 5.18. The first-order valence-corrected chi connectivity index (χ1v) is 6.30. The van der Waals surface area contributed by atoms with Crippen LogP contribution in [0.4, 0.5) is 4.39 Å². The Morgan fingerprint density at radius 2 is 1.94 bits per heavy atom. The van der Waals surface area contributed by atoms with Crippen LogP contribution in [0, 0.1) is 11.2 Å². The maximum absolute atomic E-state index is 12.8. The third-order valence-electron chi connectivity index (χ3n) is 3.70. The third kappa shape index (κ3) is 3.27. The summed E-state index contributed by atoms with van der Waals surface area (Å²) in [7, 11) is 0. The van der Waals surface area contributed by atoms with Gasteiger partial charge in [-0.2, -0.15) is 0 Å². The van der Waals surface area contributed by atoms with E-state index in [1.54, 1.807) is 0 Å². The lowest BCUT2D eigenvalue weighted by Crippen LogP contribution is -2.42. The number of aliphatic hydroxyl groups is 1. The Morgan fingerprint density at radius 3 is 2.47 bits per heavy atom. The quantitative estimate of drug-likeness (QED) is 0.743. The number of rotatable bonds is 6. The fourth-order valence-electron chi connectivity index (χ4n) is 2.56. The molecule has 94 valence electrons. The summed E-state index contributed by atoms with van der Waals surface area (Å²) < 4.78 is 12.8. The molecule has 17 heavy (non-hydrogen) atoms. The summed E-state index contributed by atoms with van der Waals surface area (Å²) in [6.07, 6.45) is 4.74. The van der Waals surface area contributed by atoms with Gasteiger partial charge in [0.25, 0.3) is 0 Å². The van der Waals surface area contributed by atoms with E-state index in [-0.39, 0.29) is 12.4 Å². The van der Waals surface area contributed by atoms with Gasteiger partial charge in [0, 0.05) is 13.1 Å². The maximum Gasteiger partial charge on any atom is 0.123 e. The maximum atomic E-state index is 12.8. The molecule has 1 saturated carbocycles. The predicted octanol–water partition coefficient (Wildman–Crippen LogP) is 2.12. The summed E-state index contributed by atoms with van der Waals surface area (Å²) in [6, 6.07) is 6.81. The molecule has 1 aliphatic rings. The predicted molar refractivity (Wildman–Crippen MR) is 66.3 cm³/mol. The van der Waals surface area contributed by atoms with Crippen LogP contribution in [0.25, 0.3) is 0 Å². The molecule has 3 heteroatoms. The standard InChI is InChI=1S/C14H20FNO/c15-13-4-2-12(3-5-13)10-14(6-1-7-14)11-16-8-9-17/h2-5,16-17H,1,6-11H2. The van der Waals surface area contributed by atoms with Crippen LogP contribution < -0.4 is 5.32 Å². The van der Waals surface area contributed by atoms with Gasteiger partial charge in [-0.25, -0.2) is 4.39 Å². The van der Waals surface area contributed by atoms with Crippen molar-refractivity contribution >= 4 is 0 Å². The lowest BCUT2D eigenvalue weighted by molar-refractivity contribution is 0.127. The molecule has 1 aliphatic carbocycles. The van der Waals surface area contributed by atoms with E-state index in [1.165, 1.54) is 37.0 Å². The molecular formula is C14H20FNO. The molecular weight excluding hydrogens is 217 g/mol. The number of hydrogen-bond acceptors (Lipinski definition) is 2. The van der Waals surface area contributed by atoms with Crippen LogP contribution in [-0.2, 0) is 6.42 Å². The number of halogens is 1. The second-order valence-electron chi connectivity index (χ2n) is 5.06. The normalized spacial score (nSPS) is 17.8. The van der Waals surface area contributed by atoms with Gasteiger partial charge in [-0.3, -0.25) is 0 Å². The zero-order valence-electron chi connectivity index (χ0n) is 10.1. The SMILES string of the molecule is OCCNCC1(Cc2ccc(F)cc2)CCC1. The van der Waals surface area contributed by atoms with Crippen molar-refractivity contribution in [3.8, 4) is 0 Å². The van der Waals surface area contributed by atoms with E-state index in [9.17, 15) is 4.39 Å². The summed E-state index contributed by atoms with van der Waals surface area (Å²) in [5.41, 5.74) is 1.53. The van der Waals surface area contributed by atoms with Crippen molar-refractivity contribution in [1.29, 1.82) is 0 Å². The highest BCUT2D eigenvalue weighted by atomic mass is 19.1. The molecule has 0 bridgehead atoms. The molecule has 1 aromatic carbocycles. The van der Waals surface area contributed by atoms with Crippen molar-refractivity contribution in [3.63, 3.8) is 0 Å². The molecule has 0 atom stereocenters. The Bertz CT molecular complexity index is 346. The first kappa shape index (κ1) is 12.5. The van der Waals surface area contributed by atoms with Crippen LogP contribution in [0.2, 0.25) is 0 Å². The number of aliphatic hydroxyl groups excluding tert-OH is 1. The minimum Gasteiger partial charge on any atom is -0.395 e. The smallest absolute Gasteiger partial charge is 0.123 e. The Hall–Kier alpha value is -0.930. The van der Waals surface area contributed by atoms with Crippen molar-refractivity contribution in [2.45, 2.75) is 25.7 Å². The second kappa shape index (κ2) is 5.61. The van der Waals surface area contributed by atoms with E-state index in [1.807, 2.05) is 12.1 Å². The molecule has 0 radical (unpaired) electrons. The minimum absolute atomic E-state index is 0.171. The van der Waals surface area contributed by atoms with E-state index in [0.717, 1.165) is 13.0 Å². The first-order chi connectivity index (χ1) is 8.24. The van der Waals surface area contributed by atoms with Crippen molar-refractivity contribution in [2.24, 2.45) is 5.41 Å². The summed E-state index contributed by atoms with van der Waals surface area (Å²) in [5.74, 6) is -0.171. The van der Waals surface area contributed by atoms with E-state index in [2.05, 4.69) is 5.32 Å². The molecule has 1 aromatic rings. The van der Waals surface area contributed by atoms with Crippen molar-refractivity contribution in [2.75, 3.05) is 19.7 Å². The highest BCUT2D eigenvalue weighted by Crippen LogP contribution is 2.43. The molecule has 0 heterocycles. The van der Waals surface area contributed by atoms with E-state index < -0.39 is 0 Å². The molecule has 2 nitrogen and oxygen atoms in total. The average Bonchev–Trinajstić information content (AvgIpc) is 2.29. The fourth-order valence-corrected chi connectivity index (χ4v) is 2.56. The van der Waals surface area contributed by atoms with Gasteiger partial charge in [0.15, 0.2) is 0 Å². The molecule has 2 rings (SSSR count). The number of hydrogen-bond donors (Lipinski definition) is 2. The van der Waals surface area contributed by atoms with Crippen LogP contribution in [0.1, 0.15) is 24.8 Å². The molecule has 1 fully saturated rings. The lowest BCUT2D eigenvalue weighted by Gasteiger charge is -2.42. The Labute approximate surface area is 102 Å². The summed E-state index contributed by atoms with van der Waals surface area (Å²) >= 11 is 0. The van der Waals surface area contributed by atoms with Crippen LogP contribution in [0.3, 0.4) is 0 Å². The monoisotopic (exact) mass is 237 g/mol. The lowest BCUT2D eigenvalue weighted by atomic mass is 9.65. The van der Waals surface area contributed by atoms with Gasteiger partial charge in [0.1, 0.15) is 5.82 Å². The van der Waals surface area contributed by atoms with Crippen LogP contribution >= 0.6 is 0 Å². The van der Waals surface area contributed by atoms with Gasteiger partial charge in [-0.05, 0) is 42.4 Å². The third-order valence-corrected chi connectivity index (χ3v) is 3.70. The van der Waals surface area contributed by atoms with Crippen LogP contribution in [-0.4, -0.2) is 24.8 Å². The molecule has 0 saturated heterocycles. The number of nitrogens with one attached hydrogen (secondary N) is 1. The summed E-state index contributed by atoms with van der Waals surface area (Å²) in [6.45, 7) is 1.79. The second-order valence-corrected chi connectivity index (χ2v) is 5.06. The number of benzene rings is 1. The van der Waals surface area contributed by atoms with Gasteiger partial charge in [0.2, 0.25) is 0 Å². The highest BCUT2D eigenvalue weighted by Gasteiger charge is 2.36. The Balaban J connectivity index is 1.92. The fraction of sp³-hybridized carbons (Fsp3) is 0.571. The molecule has 0 unspecified atom stereocenters. The summed E-state index contributed by atoms with van der Waals surface area (Å²) in [4.78, 5) is 0. The van der Waals surface area contributed by atoms with Gasteiger partial charge in [0.05, 0.1) is 6.61 Å². The van der Waals surface area contributed by atoms with Crippen molar-refractivity contribution < 1.29 is 9.50 Å². The van der Waals surface area contributed by atoms with Gasteiger partial charge in [-0.15, -0.1) is 0 Å². The first-order valence-electron chi connectivity index (χ1n) is 6.30. The summed E-state index contributed by atoms with van der Waals surface area (Å²) in [5, 5.41) is 12.1. The van der Waals surface area contributed by atoms with E-state index in [0.29, 0.717) is 12.0 Å². The minimum atomic E-state index is -0.171. The van der Waals surface area contributed by atoms with Crippen molar-refractivity contribution in [3.05, 3.63) is 35.6 Å². The average molecular weight is 237 g/mol. The van der Waals surface area contributed by atoms with Gasteiger partial charge in [-0.1, -0.05) is 18.6 Å². The Morgan fingerprint density at radius 1 is 1.24 bits per heavy atom. The Kier molecular flexibility index (Phi) is 4.13. The van der Waals surface area contributed by atoms with E-state index >= 15 is 0 Å². The molecule has 0 amide bonds. The van der Waals surface area contributed by atoms with E-state index in [4.69, 9.17) is 5.11 Å². The van der Waals surface area contributed by atoms with Crippen molar-refractivity contribution in [1.82, 2.24) is 5.32 Å². The largest absolute Gasteiger partial charge is 0.395 e. The molecule has 0 spiro atoms. The zero-order valence-corrected chi connectivity index (χ0v) is 10.1.